The van der Waals surface area contributed by atoms with E-state index >= 15 is 0 Å². The number of rotatable bonds is 7. The van der Waals surface area contributed by atoms with Crippen LogP contribution in [-0.4, -0.2) is 23.3 Å². The lowest BCUT2D eigenvalue weighted by molar-refractivity contribution is -0.138. The Morgan fingerprint density at radius 1 is 0.933 bits per heavy atom. The Balaban J connectivity index is 2.04. The van der Waals surface area contributed by atoms with Gasteiger partial charge in [0.05, 0.1) is 0 Å². The number of hydrogen-bond donors (Lipinski definition) is 0. The van der Waals surface area contributed by atoms with Gasteiger partial charge >= 0.3 is 0 Å². The third-order valence-electron chi connectivity index (χ3n) is 2.89. The standard InChI is InChI=1S/C12H21NO2/c1-2-3-4-5-6-7-10-13-11(14)8-9-12(13)15/h2-10H2,1H3. The van der Waals surface area contributed by atoms with Crippen LogP contribution in [0.25, 0.3) is 0 Å². The van der Waals surface area contributed by atoms with Crippen molar-refractivity contribution in [1.82, 2.24) is 4.90 Å². The first-order valence-corrected chi connectivity index (χ1v) is 6.09. The molecule has 1 saturated heterocycles. The molecule has 1 heterocycles. The average molecular weight is 211 g/mol. The largest absolute Gasteiger partial charge is 0.283 e. The summed E-state index contributed by atoms with van der Waals surface area (Å²) in [6, 6.07) is 0. The molecular formula is C12H21NO2. The fourth-order valence-corrected chi connectivity index (χ4v) is 1.92. The van der Waals surface area contributed by atoms with Gasteiger partial charge in [-0.3, -0.25) is 14.5 Å². The number of unbranched alkanes of at least 4 members (excludes halogenated alkanes) is 5. The van der Waals surface area contributed by atoms with Crippen LogP contribution in [-0.2, 0) is 9.59 Å². The van der Waals surface area contributed by atoms with Crippen molar-refractivity contribution in [3.63, 3.8) is 0 Å². The number of nitrogens with zero attached hydrogens (tertiary/aromatic N) is 1. The lowest BCUT2D eigenvalue weighted by Crippen LogP contribution is -2.29. The van der Waals surface area contributed by atoms with E-state index in [0.717, 1.165) is 12.8 Å². The van der Waals surface area contributed by atoms with Gasteiger partial charge in [-0.2, -0.15) is 0 Å². The molecule has 0 N–H and O–H groups in total. The molecule has 1 fully saturated rings. The van der Waals surface area contributed by atoms with Crippen LogP contribution in [0.3, 0.4) is 0 Å². The van der Waals surface area contributed by atoms with E-state index in [1.165, 1.54) is 30.6 Å². The smallest absolute Gasteiger partial charge is 0.229 e. The van der Waals surface area contributed by atoms with Gasteiger partial charge in [0.1, 0.15) is 0 Å². The lowest BCUT2D eigenvalue weighted by atomic mass is 10.1. The van der Waals surface area contributed by atoms with Crippen LogP contribution in [0.4, 0.5) is 0 Å². The van der Waals surface area contributed by atoms with Crippen molar-refractivity contribution in [1.29, 1.82) is 0 Å². The van der Waals surface area contributed by atoms with E-state index in [0.29, 0.717) is 19.4 Å². The number of carbonyl (C=O) groups is 2. The normalized spacial score (nSPS) is 16.5. The number of carbonyl (C=O) groups excluding carboxylic acids is 2. The molecule has 1 rings (SSSR count). The lowest BCUT2D eigenvalue weighted by Gasteiger charge is -2.12. The third-order valence-corrected chi connectivity index (χ3v) is 2.89. The molecule has 0 saturated carbocycles. The summed E-state index contributed by atoms with van der Waals surface area (Å²) in [6.07, 6.45) is 8.01. The highest BCUT2D eigenvalue weighted by molar-refractivity contribution is 6.01. The number of likely N-dealkylation sites (tertiary alicyclic amines) is 1. The van der Waals surface area contributed by atoms with Crippen LogP contribution in [0, 0.1) is 0 Å². The molecule has 0 bridgehead atoms. The maximum Gasteiger partial charge on any atom is 0.229 e. The van der Waals surface area contributed by atoms with E-state index in [2.05, 4.69) is 6.92 Å². The highest BCUT2D eigenvalue weighted by Crippen LogP contribution is 2.13. The number of hydrogen-bond acceptors (Lipinski definition) is 2. The summed E-state index contributed by atoms with van der Waals surface area (Å²) in [5.74, 6) is 0.0436. The van der Waals surface area contributed by atoms with Gasteiger partial charge < -0.3 is 0 Å². The minimum atomic E-state index is 0.0218. The molecule has 0 aliphatic carbocycles. The van der Waals surface area contributed by atoms with Gasteiger partial charge in [-0.25, -0.2) is 0 Å². The van der Waals surface area contributed by atoms with Crippen molar-refractivity contribution >= 4 is 11.8 Å². The van der Waals surface area contributed by atoms with Crippen molar-refractivity contribution in [3.8, 4) is 0 Å². The van der Waals surface area contributed by atoms with E-state index in [-0.39, 0.29) is 11.8 Å². The monoisotopic (exact) mass is 211 g/mol. The van der Waals surface area contributed by atoms with Gasteiger partial charge in [-0.05, 0) is 6.42 Å². The second kappa shape index (κ2) is 6.59. The van der Waals surface area contributed by atoms with Gasteiger partial charge in [0, 0.05) is 19.4 Å². The Morgan fingerprint density at radius 3 is 2.07 bits per heavy atom. The van der Waals surface area contributed by atoms with Gasteiger partial charge in [0.2, 0.25) is 11.8 Å². The Morgan fingerprint density at radius 2 is 1.47 bits per heavy atom. The molecule has 15 heavy (non-hydrogen) atoms. The van der Waals surface area contributed by atoms with Crippen molar-refractivity contribution < 1.29 is 9.59 Å². The highest BCUT2D eigenvalue weighted by Gasteiger charge is 2.27. The topological polar surface area (TPSA) is 37.4 Å². The molecule has 0 aromatic heterocycles. The molecule has 0 unspecified atom stereocenters. The quantitative estimate of drug-likeness (QED) is 0.479. The summed E-state index contributed by atoms with van der Waals surface area (Å²) in [4.78, 5) is 23.9. The Kier molecular flexibility index (Phi) is 5.37. The Bertz CT molecular complexity index is 210. The fourth-order valence-electron chi connectivity index (χ4n) is 1.92. The van der Waals surface area contributed by atoms with E-state index in [4.69, 9.17) is 0 Å². The second-order valence-corrected chi connectivity index (χ2v) is 4.21. The third kappa shape index (κ3) is 4.02. The number of imide groups is 1. The Labute approximate surface area is 91.8 Å². The van der Waals surface area contributed by atoms with E-state index in [1.54, 1.807) is 0 Å². The van der Waals surface area contributed by atoms with Crippen LogP contribution >= 0.6 is 0 Å². The van der Waals surface area contributed by atoms with E-state index < -0.39 is 0 Å². The molecule has 86 valence electrons. The summed E-state index contributed by atoms with van der Waals surface area (Å²) >= 11 is 0. The second-order valence-electron chi connectivity index (χ2n) is 4.21. The first-order chi connectivity index (χ1) is 7.25. The minimum absolute atomic E-state index is 0.0218. The average Bonchev–Trinajstić information content (AvgIpc) is 2.54. The van der Waals surface area contributed by atoms with E-state index in [1.807, 2.05) is 0 Å². The molecular weight excluding hydrogens is 190 g/mol. The molecule has 0 radical (unpaired) electrons. The molecule has 1 aliphatic rings. The zero-order chi connectivity index (χ0) is 11.1. The maximum atomic E-state index is 11.3. The predicted octanol–water partition coefficient (Wildman–Crippen LogP) is 2.50. The van der Waals surface area contributed by atoms with Crippen molar-refractivity contribution in [2.75, 3.05) is 6.54 Å². The minimum Gasteiger partial charge on any atom is -0.283 e. The highest BCUT2D eigenvalue weighted by atomic mass is 16.2. The van der Waals surface area contributed by atoms with Gasteiger partial charge in [-0.15, -0.1) is 0 Å². The predicted molar refractivity (Wildman–Crippen MR) is 59.3 cm³/mol. The molecule has 0 atom stereocenters. The number of amides is 2. The molecule has 0 aromatic carbocycles. The van der Waals surface area contributed by atoms with Crippen LogP contribution in [0.5, 0.6) is 0 Å². The van der Waals surface area contributed by atoms with Crippen molar-refractivity contribution in [2.24, 2.45) is 0 Å². The molecule has 3 heteroatoms. The zero-order valence-corrected chi connectivity index (χ0v) is 9.63. The molecule has 3 nitrogen and oxygen atoms in total. The molecule has 0 spiro atoms. The van der Waals surface area contributed by atoms with Crippen molar-refractivity contribution in [2.45, 2.75) is 58.3 Å². The van der Waals surface area contributed by atoms with Crippen LogP contribution < -0.4 is 0 Å². The zero-order valence-electron chi connectivity index (χ0n) is 9.63. The van der Waals surface area contributed by atoms with Crippen LogP contribution in [0.2, 0.25) is 0 Å². The van der Waals surface area contributed by atoms with E-state index in [9.17, 15) is 9.59 Å². The summed E-state index contributed by atoms with van der Waals surface area (Å²) in [7, 11) is 0. The Hall–Kier alpha value is -0.860. The molecule has 1 aliphatic heterocycles. The summed E-state index contributed by atoms with van der Waals surface area (Å²) < 4.78 is 0. The first-order valence-electron chi connectivity index (χ1n) is 6.09. The SMILES string of the molecule is CCCCCCCCN1C(=O)CCC1=O. The summed E-state index contributed by atoms with van der Waals surface area (Å²) in [5.41, 5.74) is 0. The van der Waals surface area contributed by atoms with Gasteiger partial charge in [0.15, 0.2) is 0 Å². The molecule has 0 aromatic rings. The van der Waals surface area contributed by atoms with Gasteiger partial charge in [-0.1, -0.05) is 39.0 Å². The van der Waals surface area contributed by atoms with Gasteiger partial charge in [0.25, 0.3) is 0 Å². The van der Waals surface area contributed by atoms with Crippen LogP contribution in [0.1, 0.15) is 58.3 Å². The van der Waals surface area contributed by atoms with Crippen LogP contribution in [0.15, 0.2) is 0 Å². The van der Waals surface area contributed by atoms with Crippen molar-refractivity contribution in [3.05, 3.63) is 0 Å². The summed E-state index contributed by atoms with van der Waals surface area (Å²) in [6.45, 7) is 2.84. The molecule has 2 amide bonds. The summed E-state index contributed by atoms with van der Waals surface area (Å²) in [5, 5.41) is 0. The maximum absolute atomic E-state index is 11.3. The fraction of sp³-hybridized carbons (Fsp3) is 0.833. The first kappa shape index (κ1) is 12.2.